The molecule has 96 valence electrons. The highest BCUT2D eigenvalue weighted by Crippen LogP contribution is 2.43. The van der Waals surface area contributed by atoms with Crippen molar-refractivity contribution in [1.29, 1.82) is 0 Å². The van der Waals surface area contributed by atoms with Gasteiger partial charge in [0.05, 0.1) is 24.0 Å². The first kappa shape index (κ1) is 10.7. The van der Waals surface area contributed by atoms with Gasteiger partial charge in [-0.1, -0.05) is 5.16 Å². The van der Waals surface area contributed by atoms with E-state index in [1.54, 1.807) is 0 Å². The second-order valence-corrected chi connectivity index (χ2v) is 5.62. The van der Waals surface area contributed by atoms with E-state index in [9.17, 15) is 4.79 Å². The maximum atomic E-state index is 11.7. The Kier molecular flexibility index (Phi) is 2.30. The summed E-state index contributed by atoms with van der Waals surface area (Å²) >= 11 is 0. The van der Waals surface area contributed by atoms with Gasteiger partial charge in [0.25, 0.3) is 0 Å². The Morgan fingerprint density at radius 2 is 2.17 bits per heavy atom. The summed E-state index contributed by atoms with van der Waals surface area (Å²) in [5.41, 5.74) is 0. The van der Waals surface area contributed by atoms with Gasteiger partial charge >= 0.3 is 0 Å². The zero-order chi connectivity index (χ0) is 12.1. The fourth-order valence-electron chi connectivity index (χ4n) is 3.53. The van der Waals surface area contributed by atoms with Crippen LogP contribution in [0, 0.1) is 0 Å². The summed E-state index contributed by atoms with van der Waals surface area (Å²) in [7, 11) is 0. The number of Topliss-reactive ketones (excluding diaryl/α,β-unsaturated/α-hetero) is 1. The van der Waals surface area contributed by atoms with Crippen LogP contribution in [0.2, 0.25) is 0 Å². The lowest BCUT2D eigenvalue weighted by molar-refractivity contribution is -0.119. The molecule has 0 amide bonds. The SMILES string of the molecule is O=C1CCCC1c1nc(C2CC3CCC2O3)no1. The lowest BCUT2D eigenvalue weighted by Crippen LogP contribution is -2.15. The minimum Gasteiger partial charge on any atom is -0.374 e. The predicted octanol–water partition coefficient (Wildman–Crippen LogP) is 1.94. The molecule has 1 saturated carbocycles. The van der Waals surface area contributed by atoms with E-state index in [0.717, 1.165) is 37.9 Å². The summed E-state index contributed by atoms with van der Waals surface area (Å²) in [6.45, 7) is 0. The van der Waals surface area contributed by atoms with Crippen LogP contribution < -0.4 is 0 Å². The molecule has 5 heteroatoms. The van der Waals surface area contributed by atoms with Crippen LogP contribution in [-0.2, 0) is 9.53 Å². The van der Waals surface area contributed by atoms with Gasteiger partial charge in [-0.2, -0.15) is 4.98 Å². The first-order valence-electron chi connectivity index (χ1n) is 6.83. The number of nitrogens with zero attached hydrogens (tertiary/aromatic N) is 2. The van der Waals surface area contributed by atoms with Crippen molar-refractivity contribution in [3.05, 3.63) is 11.7 Å². The van der Waals surface area contributed by atoms with Crippen molar-refractivity contribution in [2.45, 2.75) is 62.6 Å². The Morgan fingerprint density at radius 3 is 2.83 bits per heavy atom. The molecular formula is C13H16N2O3. The molecule has 3 aliphatic rings. The van der Waals surface area contributed by atoms with Crippen molar-refractivity contribution in [1.82, 2.24) is 10.1 Å². The quantitative estimate of drug-likeness (QED) is 0.800. The van der Waals surface area contributed by atoms with Gasteiger partial charge in [0.1, 0.15) is 5.78 Å². The summed E-state index contributed by atoms with van der Waals surface area (Å²) in [5.74, 6) is 1.64. The molecule has 2 bridgehead atoms. The highest BCUT2D eigenvalue weighted by molar-refractivity contribution is 5.86. The normalized spacial score (nSPS) is 38.8. The Balaban J connectivity index is 1.57. The molecule has 4 rings (SSSR count). The Morgan fingerprint density at radius 1 is 1.22 bits per heavy atom. The number of ketones is 1. The van der Waals surface area contributed by atoms with Crippen LogP contribution in [0.3, 0.4) is 0 Å². The summed E-state index contributed by atoms with van der Waals surface area (Å²) in [5, 5.41) is 4.08. The fourth-order valence-corrected chi connectivity index (χ4v) is 3.53. The Labute approximate surface area is 105 Å². The molecule has 3 fully saturated rings. The molecule has 2 aliphatic heterocycles. The molecule has 3 heterocycles. The van der Waals surface area contributed by atoms with Crippen molar-refractivity contribution in [2.24, 2.45) is 0 Å². The average Bonchev–Trinajstić information content (AvgIpc) is 3.12. The molecule has 0 radical (unpaired) electrons. The van der Waals surface area contributed by atoms with Gasteiger partial charge in [0.2, 0.25) is 5.89 Å². The molecule has 4 atom stereocenters. The molecule has 2 saturated heterocycles. The first-order chi connectivity index (χ1) is 8.81. The average molecular weight is 248 g/mol. The summed E-state index contributed by atoms with van der Waals surface area (Å²) in [6, 6.07) is 0. The number of carbonyl (C=O) groups excluding carboxylic acids is 1. The van der Waals surface area contributed by atoms with E-state index in [1.165, 1.54) is 0 Å². The third-order valence-corrected chi connectivity index (χ3v) is 4.50. The number of hydrogen-bond donors (Lipinski definition) is 0. The van der Waals surface area contributed by atoms with Gasteiger partial charge in [0, 0.05) is 6.42 Å². The molecule has 18 heavy (non-hydrogen) atoms. The second kappa shape index (κ2) is 3.88. The molecule has 0 aromatic carbocycles. The molecule has 1 aliphatic carbocycles. The summed E-state index contributed by atoms with van der Waals surface area (Å²) in [4.78, 5) is 16.1. The van der Waals surface area contributed by atoms with Gasteiger partial charge in [-0.05, 0) is 32.1 Å². The number of aromatic nitrogens is 2. The maximum Gasteiger partial charge on any atom is 0.237 e. The Bertz CT molecular complexity index is 484. The third-order valence-electron chi connectivity index (χ3n) is 4.50. The fraction of sp³-hybridized carbons (Fsp3) is 0.769. The minimum atomic E-state index is -0.147. The molecular weight excluding hydrogens is 232 g/mol. The second-order valence-electron chi connectivity index (χ2n) is 5.62. The van der Waals surface area contributed by atoms with Crippen LogP contribution in [0.1, 0.15) is 62.1 Å². The zero-order valence-electron chi connectivity index (χ0n) is 10.2. The van der Waals surface area contributed by atoms with Crippen molar-refractivity contribution in [3.8, 4) is 0 Å². The largest absolute Gasteiger partial charge is 0.374 e. The Hall–Kier alpha value is -1.23. The van der Waals surface area contributed by atoms with Crippen LogP contribution in [0.15, 0.2) is 4.52 Å². The van der Waals surface area contributed by atoms with E-state index in [1.807, 2.05) is 0 Å². The minimum absolute atomic E-state index is 0.147. The third kappa shape index (κ3) is 1.53. The van der Waals surface area contributed by atoms with Gasteiger partial charge in [-0.15, -0.1) is 0 Å². The van der Waals surface area contributed by atoms with E-state index in [0.29, 0.717) is 18.4 Å². The van der Waals surface area contributed by atoms with Crippen molar-refractivity contribution in [3.63, 3.8) is 0 Å². The first-order valence-corrected chi connectivity index (χ1v) is 6.83. The smallest absolute Gasteiger partial charge is 0.237 e. The lowest BCUT2D eigenvalue weighted by atomic mass is 9.89. The molecule has 4 unspecified atom stereocenters. The standard InChI is InChI=1S/C13H16N2O3/c16-10-3-1-2-8(10)13-14-12(15-18-13)9-6-7-4-5-11(9)17-7/h7-9,11H,1-6H2. The van der Waals surface area contributed by atoms with E-state index in [2.05, 4.69) is 10.1 Å². The van der Waals surface area contributed by atoms with Gasteiger partial charge in [-0.3, -0.25) is 4.79 Å². The molecule has 1 aromatic heterocycles. The van der Waals surface area contributed by atoms with Crippen LogP contribution in [0.4, 0.5) is 0 Å². The van der Waals surface area contributed by atoms with E-state index in [-0.39, 0.29) is 23.7 Å². The van der Waals surface area contributed by atoms with Crippen LogP contribution in [0.5, 0.6) is 0 Å². The molecule has 5 nitrogen and oxygen atoms in total. The lowest BCUT2D eigenvalue weighted by Gasteiger charge is -2.13. The number of fused-ring (bicyclic) bond motifs is 2. The molecule has 1 aromatic rings. The van der Waals surface area contributed by atoms with Crippen LogP contribution in [0.25, 0.3) is 0 Å². The van der Waals surface area contributed by atoms with Gasteiger partial charge in [-0.25, -0.2) is 0 Å². The van der Waals surface area contributed by atoms with Crippen LogP contribution >= 0.6 is 0 Å². The van der Waals surface area contributed by atoms with E-state index >= 15 is 0 Å². The molecule has 0 spiro atoms. The number of hydrogen-bond acceptors (Lipinski definition) is 5. The van der Waals surface area contributed by atoms with Crippen molar-refractivity contribution >= 4 is 5.78 Å². The topological polar surface area (TPSA) is 65.2 Å². The van der Waals surface area contributed by atoms with Crippen LogP contribution in [-0.4, -0.2) is 28.1 Å². The monoisotopic (exact) mass is 248 g/mol. The number of rotatable bonds is 2. The van der Waals surface area contributed by atoms with Gasteiger partial charge < -0.3 is 9.26 Å². The van der Waals surface area contributed by atoms with Gasteiger partial charge in [0.15, 0.2) is 5.82 Å². The number of ether oxygens (including phenoxy) is 1. The highest BCUT2D eigenvalue weighted by atomic mass is 16.5. The summed E-state index contributed by atoms with van der Waals surface area (Å²) in [6.07, 6.45) is 6.36. The molecule has 0 N–H and O–H groups in total. The predicted molar refractivity (Wildman–Crippen MR) is 61.2 cm³/mol. The van der Waals surface area contributed by atoms with Crippen molar-refractivity contribution < 1.29 is 14.1 Å². The summed E-state index contributed by atoms with van der Waals surface area (Å²) < 4.78 is 11.1. The zero-order valence-corrected chi connectivity index (χ0v) is 10.2. The maximum absolute atomic E-state index is 11.7. The van der Waals surface area contributed by atoms with E-state index < -0.39 is 0 Å². The number of carbonyl (C=O) groups is 1. The highest BCUT2D eigenvalue weighted by Gasteiger charge is 2.44. The van der Waals surface area contributed by atoms with E-state index in [4.69, 9.17) is 9.26 Å². The van der Waals surface area contributed by atoms with Crippen molar-refractivity contribution in [2.75, 3.05) is 0 Å².